The molecule has 2 saturated heterocycles. The second-order valence-electron chi connectivity index (χ2n) is 7.01. The number of anilines is 2. The molecule has 137 valence electrons. The zero-order valence-electron chi connectivity index (χ0n) is 15.2. The molecule has 2 N–H and O–H groups in total. The van der Waals surface area contributed by atoms with Crippen molar-refractivity contribution in [1.29, 1.82) is 0 Å². The number of aromatic nitrogens is 5. The summed E-state index contributed by atoms with van der Waals surface area (Å²) in [6.45, 7) is 3.72. The van der Waals surface area contributed by atoms with Gasteiger partial charge in [0, 0.05) is 73.5 Å². The predicted molar refractivity (Wildman–Crippen MR) is 98.4 cm³/mol. The fourth-order valence-electron chi connectivity index (χ4n) is 3.79. The molecule has 11 heteroatoms. The van der Waals surface area contributed by atoms with Crippen molar-refractivity contribution < 1.29 is 9.84 Å². The summed E-state index contributed by atoms with van der Waals surface area (Å²) in [6.07, 6.45) is 7.89. The van der Waals surface area contributed by atoms with Crippen LogP contribution in [0.3, 0.4) is 0 Å². The number of ether oxygens (including phenoxy) is 1. The summed E-state index contributed by atoms with van der Waals surface area (Å²) >= 11 is 0. The maximum Gasteiger partial charge on any atom is 0.166 e. The number of rotatable bonds is 3. The predicted octanol–water partition coefficient (Wildman–Crippen LogP) is -0.554. The summed E-state index contributed by atoms with van der Waals surface area (Å²) in [5.41, 5.74) is 3.91. The molecule has 0 aromatic carbocycles. The number of nitrogens with zero attached hydrogens (tertiary/aromatic N) is 7. The first-order chi connectivity index (χ1) is 12.7. The summed E-state index contributed by atoms with van der Waals surface area (Å²) in [5.74, 6) is 1.56. The number of nitrogens with one attached hydrogen (secondary N) is 1. The molecule has 3 aliphatic heterocycles. The van der Waals surface area contributed by atoms with E-state index in [1.54, 1.807) is 29.9 Å². The first-order valence-corrected chi connectivity index (χ1v) is 8.69. The first kappa shape index (κ1) is 18.8. The Kier molecular flexibility index (Phi) is 5.19. The van der Waals surface area contributed by atoms with Gasteiger partial charge in [0.15, 0.2) is 12.0 Å². The molecule has 0 bridgehead atoms. The van der Waals surface area contributed by atoms with E-state index in [1.165, 1.54) is 4.68 Å². The number of hydrogen-bond donors (Lipinski definition) is 2. The van der Waals surface area contributed by atoms with Gasteiger partial charge >= 0.3 is 0 Å². The van der Waals surface area contributed by atoms with Gasteiger partial charge in [-0.15, -0.1) is 5.10 Å². The van der Waals surface area contributed by atoms with Gasteiger partial charge in [-0.05, 0) is 12.8 Å². The van der Waals surface area contributed by atoms with E-state index in [1.807, 2.05) is 6.07 Å². The normalized spacial score (nSPS) is 23.7. The monoisotopic (exact) mass is 379 g/mol. The molecule has 5 rings (SSSR count). The topological polar surface area (TPSA) is 104 Å². The van der Waals surface area contributed by atoms with Gasteiger partial charge in [0.1, 0.15) is 17.8 Å². The summed E-state index contributed by atoms with van der Waals surface area (Å²) in [6, 6.07) is 1.92. The second-order valence-corrected chi connectivity index (χ2v) is 7.01. The Hall–Kier alpha value is -1.56. The zero-order valence-corrected chi connectivity index (χ0v) is 17.2. The molecule has 0 aliphatic carbocycles. The molecule has 5 heterocycles. The Morgan fingerprint density at radius 1 is 1.19 bits per heavy atom. The van der Waals surface area contributed by atoms with E-state index < -0.39 is 6.23 Å². The maximum atomic E-state index is 10.2. The molecule has 2 aromatic rings. The fraction of sp³-hybridized carbons (Fsp3) is 0.500. The van der Waals surface area contributed by atoms with Crippen LogP contribution >= 0.6 is 0 Å². The second kappa shape index (κ2) is 7.46. The minimum Gasteiger partial charge on any atom is -0.381 e. The van der Waals surface area contributed by atoms with Crippen LogP contribution in [0, 0.1) is 5.41 Å². The fourth-order valence-corrected chi connectivity index (χ4v) is 3.79. The Morgan fingerprint density at radius 2 is 1.96 bits per heavy atom. The molecule has 0 saturated carbocycles. The van der Waals surface area contributed by atoms with Gasteiger partial charge in [-0.3, -0.25) is 5.01 Å². The van der Waals surface area contributed by atoms with Crippen molar-refractivity contribution in [2.24, 2.45) is 5.41 Å². The van der Waals surface area contributed by atoms with Crippen molar-refractivity contribution in [2.75, 3.05) is 36.2 Å². The van der Waals surface area contributed by atoms with E-state index >= 15 is 0 Å². The van der Waals surface area contributed by atoms with Crippen molar-refractivity contribution >= 4 is 46.9 Å². The molecule has 3 aliphatic rings. The van der Waals surface area contributed by atoms with E-state index in [0.29, 0.717) is 16.9 Å². The van der Waals surface area contributed by atoms with Gasteiger partial charge in [0.05, 0.1) is 12.4 Å². The van der Waals surface area contributed by atoms with E-state index in [4.69, 9.17) is 4.74 Å². The molecular formula is C16H20N8NaO2. The van der Waals surface area contributed by atoms with Gasteiger partial charge in [-0.25, -0.2) is 14.6 Å². The van der Waals surface area contributed by atoms with E-state index in [9.17, 15) is 5.11 Å². The van der Waals surface area contributed by atoms with Crippen LogP contribution in [0.25, 0.3) is 5.70 Å². The molecule has 1 spiro atoms. The Balaban J connectivity index is 0.00000180. The van der Waals surface area contributed by atoms with Gasteiger partial charge in [-0.1, -0.05) is 5.21 Å². The van der Waals surface area contributed by atoms with E-state index in [0.717, 1.165) is 45.0 Å². The van der Waals surface area contributed by atoms with E-state index in [2.05, 4.69) is 30.6 Å². The largest absolute Gasteiger partial charge is 0.381 e. The van der Waals surface area contributed by atoms with Crippen LogP contribution in [-0.4, -0.2) is 92.2 Å². The Bertz CT molecular complexity index is 816. The smallest absolute Gasteiger partial charge is 0.166 e. The third kappa shape index (κ3) is 3.48. The molecule has 2 fully saturated rings. The van der Waals surface area contributed by atoms with E-state index in [-0.39, 0.29) is 29.6 Å². The number of hydrogen-bond acceptors (Lipinski definition) is 9. The van der Waals surface area contributed by atoms with Crippen LogP contribution in [0.2, 0.25) is 0 Å². The molecule has 1 atom stereocenters. The third-order valence-electron chi connectivity index (χ3n) is 5.30. The van der Waals surface area contributed by atoms with Crippen molar-refractivity contribution in [3.05, 3.63) is 31.0 Å². The van der Waals surface area contributed by atoms with Gasteiger partial charge in [0.25, 0.3) is 0 Å². The van der Waals surface area contributed by atoms with Crippen molar-refractivity contribution in [2.45, 2.75) is 19.1 Å². The van der Waals surface area contributed by atoms with Crippen LogP contribution in [-0.2, 0) is 4.74 Å². The van der Waals surface area contributed by atoms with Crippen molar-refractivity contribution in [3.8, 4) is 0 Å². The van der Waals surface area contributed by atoms with Gasteiger partial charge in [0.2, 0.25) is 0 Å². The molecule has 10 nitrogen and oxygen atoms in total. The summed E-state index contributed by atoms with van der Waals surface area (Å²) < 4.78 is 7.00. The average molecular weight is 379 g/mol. The number of aliphatic hydroxyl groups is 1. The zero-order chi connectivity index (χ0) is 17.6. The molecule has 2 aromatic heterocycles. The molecular weight excluding hydrogens is 359 g/mol. The Morgan fingerprint density at radius 3 is 2.70 bits per heavy atom. The van der Waals surface area contributed by atoms with Crippen molar-refractivity contribution in [1.82, 2.24) is 30.4 Å². The number of aliphatic hydroxyl groups excluding tert-OH is 1. The van der Waals surface area contributed by atoms with Crippen LogP contribution in [0.15, 0.2) is 31.0 Å². The van der Waals surface area contributed by atoms with Crippen molar-refractivity contribution in [3.63, 3.8) is 0 Å². The minimum absolute atomic E-state index is 0. The standard InChI is InChI=1S/C16H20N8O2.Na/c25-15-12(23-4-3-19-21-23)8-24(20-15)14-7-13(17-11-18-14)22-9-16(10-22)1-5-26-6-2-16;/h3-4,7-8,11,15,20,25H,1-2,5-6,9-10H2;. The molecule has 27 heavy (non-hydrogen) atoms. The Labute approximate surface area is 178 Å². The molecule has 1 radical (unpaired) electrons. The SMILES string of the molecule is OC1NN(c2cc(N3CC4(CCOCC4)C3)ncn2)C=C1n1ccnn1.[Na]. The van der Waals surface area contributed by atoms with Crippen LogP contribution in [0.4, 0.5) is 11.6 Å². The third-order valence-corrected chi connectivity index (χ3v) is 5.30. The first-order valence-electron chi connectivity index (χ1n) is 8.69. The number of hydrazine groups is 1. The van der Waals surface area contributed by atoms with Gasteiger partial charge < -0.3 is 14.7 Å². The summed E-state index contributed by atoms with van der Waals surface area (Å²) in [5, 5.41) is 19.6. The summed E-state index contributed by atoms with van der Waals surface area (Å²) in [4.78, 5) is 11.0. The minimum atomic E-state index is -0.885. The summed E-state index contributed by atoms with van der Waals surface area (Å²) in [7, 11) is 0. The quantitative estimate of drug-likeness (QED) is 0.680. The average Bonchev–Trinajstić information content (AvgIpc) is 3.30. The van der Waals surface area contributed by atoms with Gasteiger partial charge in [-0.2, -0.15) is 5.43 Å². The molecule has 0 amide bonds. The van der Waals surface area contributed by atoms with Crippen LogP contribution in [0.1, 0.15) is 12.8 Å². The molecule has 1 unspecified atom stereocenters. The van der Waals surface area contributed by atoms with Crippen LogP contribution in [0.5, 0.6) is 0 Å². The maximum absolute atomic E-state index is 10.2. The van der Waals surface area contributed by atoms with Crippen LogP contribution < -0.4 is 15.3 Å².